The Hall–Kier alpha value is -2.33. The highest BCUT2D eigenvalue weighted by Gasteiger charge is 2.29. The van der Waals surface area contributed by atoms with Gasteiger partial charge in [0.2, 0.25) is 0 Å². The predicted molar refractivity (Wildman–Crippen MR) is 103 cm³/mol. The molecule has 0 saturated carbocycles. The monoisotopic (exact) mass is 338 g/mol. The van der Waals surface area contributed by atoms with Crippen LogP contribution in [-0.2, 0) is 4.79 Å². The van der Waals surface area contributed by atoms with Crippen LogP contribution in [0.2, 0.25) is 0 Å². The number of nitrogens with one attached hydrogen (secondary N) is 2. The summed E-state index contributed by atoms with van der Waals surface area (Å²) in [4.78, 5) is 16.4. The zero-order chi connectivity index (χ0) is 17.8. The van der Waals surface area contributed by atoms with Gasteiger partial charge in [0.25, 0.3) is 5.91 Å². The average Bonchev–Trinajstić information content (AvgIpc) is 2.65. The van der Waals surface area contributed by atoms with Gasteiger partial charge in [-0.2, -0.15) is 0 Å². The third-order valence-corrected chi connectivity index (χ3v) is 5.18. The van der Waals surface area contributed by atoms with Gasteiger partial charge < -0.3 is 15.1 Å². The molecule has 4 heteroatoms. The van der Waals surface area contributed by atoms with Crippen molar-refractivity contribution in [3.05, 3.63) is 59.7 Å². The Morgan fingerprint density at radius 2 is 1.76 bits per heavy atom. The number of piperazine rings is 1. The molecule has 1 atom stereocenters. The highest BCUT2D eigenvalue weighted by molar-refractivity contribution is 5.94. The molecule has 132 valence electrons. The molecule has 2 N–H and O–H groups in total. The summed E-state index contributed by atoms with van der Waals surface area (Å²) in [7, 11) is 0. The number of aryl methyl sites for hydroxylation is 2. The molecule has 1 heterocycles. The van der Waals surface area contributed by atoms with Gasteiger partial charge >= 0.3 is 0 Å². The number of hydrogen-bond acceptors (Lipinski definition) is 2. The van der Waals surface area contributed by atoms with Crippen LogP contribution >= 0.6 is 0 Å². The van der Waals surface area contributed by atoms with Gasteiger partial charge in [-0.3, -0.25) is 4.79 Å². The number of benzene rings is 2. The molecule has 0 bridgehead atoms. The average molecular weight is 338 g/mol. The second kappa shape index (κ2) is 7.70. The topological polar surface area (TPSA) is 36.8 Å². The molecular weight excluding hydrogens is 310 g/mol. The SMILES string of the molecule is Cc1ccc(C)c(NC(=O)[C@@H](C)[NH+]2CCN(c3ccccc3)CC2)c1. The fraction of sp³-hybridized carbons (Fsp3) is 0.381. The number of hydrogen-bond donors (Lipinski definition) is 2. The molecule has 0 radical (unpaired) electrons. The molecule has 0 spiro atoms. The van der Waals surface area contributed by atoms with E-state index in [1.807, 2.05) is 32.9 Å². The fourth-order valence-electron chi connectivity index (χ4n) is 3.42. The molecule has 0 unspecified atom stereocenters. The van der Waals surface area contributed by atoms with Crippen LogP contribution in [0.5, 0.6) is 0 Å². The van der Waals surface area contributed by atoms with Crippen molar-refractivity contribution in [1.29, 1.82) is 0 Å². The van der Waals surface area contributed by atoms with Crippen molar-refractivity contribution in [3.8, 4) is 0 Å². The number of para-hydroxylation sites is 1. The maximum absolute atomic E-state index is 12.7. The lowest BCUT2D eigenvalue weighted by molar-refractivity contribution is -0.914. The Morgan fingerprint density at radius 3 is 2.44 bits per heavy atom. The smallest absolute Gasteiger partial charge is 0.282 e. The van der Waals surface area contributed by atoms with Crippen LogP contribution in [0, 0.1) is 13.8 Å². The summed E-state index contributed by atoms with van der Waals surface area (Å²) in [6.45, 7) is 10.1. The maximum atomic E-state index is 12.7. The molecule has 3 rings (SSSR count). The van der Waals surface area contributed by atoms with Crippen LogP contribution in [0.3, 0.4) is 0 Å². The number of anilines is 2. The molecule has 1 aliphatic heterocycles. The van der Waals surface area contributed by atoms with Crippen molar-refractivity contribution in [1.82, 2.24) is 0 Å². The third-order valence-electron chi connectivity index (χ3n) is 5.18. The van der Waals surface area contributed by atoms with E-state index in [1.165, 1.54) is 10.6 Å². The Bertz CT molecular complexity index is 721. The van der Waals surface area contributed by atoms with Crippen LogP contribution in [0.15, 0.2) is 48.5 Å². The first kappa shape index (κ1) is 17.5. The molecule has 4 nitrogen and oxygen atoms in total. The summed E-state index contributed by atoms with van der Waals surface area (Å²) in [5.41, 5.74) is 4.47. The molecule has 1 amide bonds. The van der Waals surface area contributed by atoms with E-state index < -0.39 is 0 Å². The van der Waals surface area contributed by atoms with Gasteiger partial charge in [0.05, 0.1) is 26.2 Å². The van der Waals surface area contributed by atoms with E-state index in [9.17, 15) is 4.79 Å². The molecule has 2 aromatic rings. The van der Waals surface area contributed by atoms with Crippen molar-refractivity contribution < 1.29 is 9.69 Å². The van der Waals surface area contributed by atoms with Crippen molar-refractivity contribution >= 4 is 17.3 Å². The summed E-state index contributed by atoms with van der Waals surface area (Å²) in [6, 6.07) is 16.6. The second-order valence-electron chi connectivity index (χ2n) is 7.01. The van der Waals surface area contributed by atoms with Crippen LogP contribution in [-0.4, -0.2) is 38.1 Å². The fourth-order valence-corrected chi connectivity index (χ4v) is 3.42. The Kier molecular flexibility index (Phi) is 5.39. The van der Waals surface area contributed by atoms with Crippen molar-refractivity contribution in [3.63, 3.8) is 0 Å². The molecule has 1 aliphatic rings. The van der Waals surface area contributed by atoms with Crippen LogP contribution in [0.1, 0.15) is 18.1 Å². The summed E-state index contributed by atoms with van der Waals surface area (Å²) in [5, 5.41) is 3.12. The number of carbonyl (C=O) groups is 1. The van der Waals surface area contributed by atoms with E-state index in [1.54, 1.807) is 0 Å². The lowest BCUT2D eigenvalue weighted by Crippen LogP contribution is -3.19. The standard InChI is InChI=1S/C21H27N3O/c1-16-9-10-17(2)20(15-16)22-21(25)18(3)23-11-13-24(14-12-23)19-7-5-4-6-8-19/h4-10,15,18H,11-14H2,1-3H3,(H,22,25)/p+1/t18-/m1/s1. The molecule has 25 heavy (non-hydrogen) atoms. The molecule has 1 saturated heterocycles. The van der Waals surface area contributed by atoms with Crippen molar-refractivity contribution in [2.75, 3.05) is 36.4 Å². The van der Waals surface area contributed by atoms with Gasteiger partial charge in [-0.05, 0) is 50.1 Å². The minimum Gasteiger partial charge on any atom is -0.360 e. The molecular formula is C21H28N3O+. The molecule has 2 aromatic carbocycles. The van der Waals surface area contributed by atoms with E-state index in [-0.39, 0.29) is 11.9 Å². The number of quaternary nitrogens is 1. The minimum absolute atomic E-state index is 0.0437. The Labute approximate surface area is 150 Å². The first-order valence-electron chi connectivity index (χ1n) is 9.07. The highest BCUT2D eigenvalue weighted by atomic mass is 16.2. The lowest BCUT2D eigenvalue weighted by Gasteiger charge is -2.36. The normalized spacial score (nSPS) is 16.5. The van der Waals surface area contributed by atoms with E-state index in [0.29, 0.717) is 0 Å². The summed E-state index contributed by atoms with van der Waals surface area (Å²) in [6.07, 6.45) is 0. The Morgan fingerprint density at radius 1 is 1.08 bits per heavy atom. The number of rotatable bonds is 4. The Balaban J connectivity index is 1.57. The van der Waals surface area contributed by atoms with Crippen LogP contribution in [0.4, 0.5) is 11.4 Å². The summed E-state index contributed by atoms with van der Waals surface area (Å²) >= 11 is 0. The summed E-state index contributed by atoms with van der Waals surface area (Å²) in [5.74, 6) is 0.108. The zero-order valence-corrected chi connectivity index (χ0v) is 15.4. The quantitative estimate of drug-likeness (QED) is 0.895. The van der Waals surface area contributed by atoms with Crippen molar-refractivity contribution in [2.45, 2.75) is 26.8 Å². The van der Waals surface area contributed by atoms with Crippen LogP contribution in [0.25, 0.3) is 0 Å². The number of nitrogens with zero attached hydrogens (tertiary/aromatic N) is 1. The first-order chi connectivity index (χ1) is 12.0. The predicted octanol–water partition coefficient (Wildman–Crippen LogP) is 2.04. The zero-order valence-electron chi connectivity index (χ0n) is 15.4. The van der Waals surface area contributed by atoms with E-state index in [2.05, 4.69) is 46.6 Å². The third kappa shape index (κ3) is 4.20. The minimum atomic E-state index is -0.0437. The van der Waals surface area contributed by atoms with Gasteiger partial charge in [0.15, 0.2) is 6.04 Å². The first-order valence-corrected chi connectivity index (χ1v) is 9.07. The molecule has 0 aliphatic carbocycles. The van der Waals surface area contributed by atoms with Gasteiger partial charge in [-0.15, -0.1) is 0 Å². The van der Waals surface area contributed by atoms with Gasteiger partial charge in [-0.25, -0.2) is 0 Å². The molecule has 1 fully saturated rings. The van der Waals surface area contributed by atoms with Gasteiger partial charge in [0, 0.05) is 11.4 Å². The van der Waals surface area contributed by atoms with Crippen molar-refractivity contribution in [2.24, 2.45) is 0 Å². The van der Waals surface area contributed by atoms with Gasteiger partial charge in [-0.1, -0.05) is 30.3 Å². The lowest BCUT2D eigenvalue weighted by atomic mass is 10.1. The molecule has 0 aromatic heterocycles. The second-order valence-corrected chi connectivity index (χ2v) is 7.01. The maximum Gasteiger partial charge on any atom is 0.282 e. The van der Waals surface area contributed by atoms with Gasteiger partial charge in [0.1, 0.15) is 0 Å². The van der Waals surface area contributed by atoms with E-state index in [4.69, 9.17) is 0 Å². The number of amides is 1. The van der Waals surface area contributed by atoms with E-state index in [0.717, 1.165) is 43.0 Å². The van der Waals surface area contributed by atoms with Crippen LogP contribution < -0.4 is 15.1 Å². The number of carbonyl (C=O) groups excluding carboxylic acids is 1. The summed E-state index contributed by atoms with van der Waals surface area (Å²) < 4.78 is 0. The van der Waals surface area contributed by atoms with E-state index >= 15 is 0 Å². The largest absolute Gasteiger partial charge is 0.360 e. The highest BCUT2D eigenvalue weighted by Crippen LogP contribution is 2.16.